The van der Waals surface area contributed by atoms with Gasteiger partial charge in [-0.15, -0.1) is 11.3 Å². The number of aromatic nitrogens is 1. The van der Waals surface area contributed by atoms with Crippen molar-refractivity contribution in [2.45, 2.75) is 26.5 Å². The molecule has 1 unspecified atom stereocenters. The Labute approximate surface area is 157 Å². The highest BCUT2D eigenvalue weighted by Gasteiger charge is 2.12. The van der Waals surface area contributed by atoms with E-state index in [1.54, 1.807) is 17.5 Å². The number of benzene rings is 1. The van der Waals surface area contributed by atoms with E-state index in [9.17, 15) is 5.11 Å². The molecule has 3 rings (SSSR count). The molecular formula is C20H24N4OS. The fourth-order valence-corrected chi connectivity index (χ4v) is 3.69. The van der Waals surface area contributed by atoms with Crippen molar-refractivity contribution >= 4 is 27.4 Å². The van der Waals surface area contributed by atoms with Gasteiger partial charge in [0.1, 0.15) is 6.10 Å². The summed E-state index contributed by atoms with van der Waals surface area (Å²) >= 11 is 1.62. The SMILES string of the molecule is CCNC(=NCc1ncccc1C)NCC(O)c1cc2ccccc2s1. The predicted molar refractivity (Wildman–Crippen MR) is 109 cm³/mol. The van der Waals surface area contributed by atoms with E-state index < -0.39 is 6.10 Å². The zero-order chi connectivity index (χ0) is 18.4. The normalized spacial score (nSPS) is 13.0. The Morgan fingerprint density at radius 2 is 2.08 bits per heavy atom. The summed E-state index contributed by atoms with van der Waals surface area (Å²) in [7, 11) is 0. The van der Waals surface area contributed by atoms with Gasteiger partial charge >= 0.3 is 0 Å². The van der Waals surface area contributed by atoms with E-state index in [2.05, 4.69) is 32.7 Å². The van der Waals surface area contributed by atoms with E-state index >= 15 is 0 Å². The molecule has 5 nitrogen and oxygen atoms in total. The lowest BCUT2D eigenvalue weighted by atomic mass is 10.2. The second-order valence-electron chi connectivity index (χ2n) is 6.05. The van der Waals surface area contributed by atoms with Gasteiger partial charge in [0.05, 0.1) is 12.2 Å². The molecule has 6 heteroatoms. The molecule has 1 atom stereocenters. The minimum absolute atomic E-state index is 0.403. The molecule has 0 bridgehead atoms. The minimum atomic E-state index is -0.576. The molecule has 0 saturated heterocycles. The number of aliphatic hydroxyl groups excluding tert-OH is 1. The minimum Gasteiger partial charge on any atom is -0.386 e. The number of pyridine rings is 1. The zero-order valence-electron chi connectivity index (χ0n) is 15.1. The van der Waals surface area contributed by atoms with Crippen LogP contribution in [0.4, 0.5) is 0 Å². The monoisotopic (exact) mass is 368 g/mol. The van der Waals surface area contributed by atoms with Crippen LogP contribution in [0.15, 0.2) is 53.7 Å². The Morgan fingerprint density at radius 1 is 1.23 bits per heavy atom. The fourth-order valence-electron chi connectivity index (χ4n) is 2.64. The summed E-state index contributed by atoms with van der Waals surface area (Å²) in [5.74, 6) is 0.678. The molecule has 0 radical (unpaired) electrons. The van der Waals surface area contributed by atoms with Crippen LogP contribution in [0.3, 0.4) is 0 Å². The number of nitrogens with zero attached hydrogens (tertiary/aromatic N) is 2. The van der Waals surface area contributed by atoms with Crippen molar-refractivity contribution in [3.8, 4) is 0 Å². The molecule has 136 valence electrons. The number of rotatable bonds is 6. The van der Waals surface area contributed by atoms with Gasteiger partial charge in [-0.3, -0.25) is 4.98 Å². The van der Waals surface area contributed by atoms with Gasteiger partial charge in [0.25, 0.3) is 0 Å². The lowest BCUT2D eigenvalue weighted by Gasteiger charge is -2.14. The van der Waals surface area contributed by atoms with Gasteiger partial charge in [-0.2, -0.15) is 0 Å². The van der Waals surface area contributed by atoms with Crippen LogP contribution in [-0.4, -0.2) is 29.1 Å². The quantitative estimate of drug-likeness (QED) is 0.461. The standard InChI is InChI=1S/C20H24N4OS/c1-3-21-20(23-12-16-14(2)7-6-10-22-16)24-13-17(25)19-11-15-8-4-5-9-18(15)26-19/h4-11,17,25H,3,12-13H2,1-2H3,(H2,21,23,24). The van der Waals surface area contributed by atoms with Gasteiger partial charge < -0.3 is 15.7 Å². The van der Waals surface area contributed by atoms with Gasteiger partial charge in [0.2, 0.25) is 0 Å². The second-order valence-corrected chi connectivity index (χ2v) is 7.16. The Kier molecular flexibility index (Phi) is 6.20. The summed E-state index contributed by atoms with van der Waals surface area (Å²) in [4.78, 5) is 9.90. The van der Waals surface area contributed by atoms with E-state index in [0.29, 0.717) is 19.0 Å². The van der Waals surface area contributed by atoms with Gasteiger partial charge in [0.15, 0.2) is 5.96 Å². The maximum Gasteiger partial charge on any atom is 0.191 e. The molecule has 0 fully saturated rings. The summed E-state index contributed by atoms with van der Waals surface area (Å²) in [6.07, 6.45) is 1.21. The van der Waals surface area contributed by atoms with Crippen molar-refractivity contribution in [3.63, 3.8) is 0 Å². The van der Waals surface area contributed by atoms with Gasteiger partial charge in [-0.1, -0.05) is 24.3 Å². The number of nitrogens with one attached hydrogen (secondary N) is 2. The van der Waals surface area contributed by atoms with Crippen molar-refractivity contribution in [2.75, 3.05) is 13.1 Å². The summed E-state index contributed by atoms with van der Waals surface area (Å²) in [5, 5.41) is 18.1. The van der Waals surface area contributed by atoms with Crippen molar-refractivity contribution in [2.24, 2.45) is 4.99 Å². The molecule has 0 aliphatic carbocycles. The first kappa shape index (κ1) is 18.4. The van der Waals surface area contributed by atoms with Gasteiger partial charge in [0, 0.05) is 28.9 Å². The molecule has 0 aliphatic rings. The highest BCUT2D eigenvalue weighted by atomic mass is 32.1. The Balaban J connectivity index is 1.64. The largest absolute Gasteiger partial charge is 0.386 e. The summed E-state index contributed by atoms with van der Waals surface area (Å²) in [5.41, 5.74) is 2.08. The second kappa shape index (κ2) is 8.78. The van der Waals surface area contributed by atoms with Crippen LogP contribution in [-0.2, 0) is 6.54 Å². The van der Waals surface area contributed by atoms with Crippen LogP contribution in [0.5, 0.6) is 0 Å². The van der Waals surface area contributed by atoms with Crippen molar-refractivity contribution in [1.29, 1.82) is 0 Å². The fraction of sp³-hybridized carbons (Fsp3) is 0.300. The molecule has 0 saturated carbocycles. The van der Waals surface area contributed by atoms with Gasteiger partial charge in [-0.25, -0.2) is 4.99 Å². The number of hydrogen-bond donors (Lipinski definition) is 3. The molecule has 0 spiro atoms. The smallest absolute Gasteiger partial charge is 0.191 e. The van der Waals surface area contributed by atoms with Crippen LogP contribution in [0.1, 0.15) is 29.2 Å². The number of aliphatic imine (C=N–C) groups is 1. The molecule has 26 heavy (non-hydrogen) atoms. The van der Waals surface area contributed by atoms with E-state index in [4.69, 9.17) is 0 Å². The maximum atomic E-state index is 10.5. The topological polar surface area (TPSA) is 69.5 Å². The lowest BCUT2D eigenvalue weighted by Crippen LogP contribution is -2.39. The number of thiophene rings is 1. The van der Waals surface area contributed by atoms with Crippen LogP contribution < -0.4 is 10.6 Å². The van der Waals surface area contributed by atoms with Crippen molar-refractivity contribution in [1.82, 2.24) is 15.6 Å². The Bertz CT molecular complexity index is 857. The molecule has 1 aromatic carbocycles. The maximum absolute atomic E-state index is 10.5. The third kappa shape index (κ3) is 4.59. The van der Waals surface area contributed by atoms with Crippen LogP contribution >= 0.6 is 11.3 Å². The van der Waals surface area contributed by atoms with E-state index in [1.807, 2.05) is 44.2 Å². The molecule has 3 aromatic rings. The molecule has 3 N–H and O–H groups in total. The first-order valence-electron chi connectivity index (χ1n) is 8.76. The molecule has 2 aromatic heterocycles. The molecular weight excluding hydrogens is 344 g/mol. The summed E-state index contributed by atoms with van der Waals surface area (Å²) < 4.78 is 1.19. The Hall–Kier alpha value is -2.44. The van der Waals surface area contributed by atoms with E-state index in [1.165, 1.54) is 4.70 Å². The third-order valence-electron chi connectivity index (χ3n) is 4.08. The average Bonchev–Trinajstić information content (AvgIpc) is 3.09. The van der Waals surface area contributed by atoms with Crippen LogP contribution in [0, 0.1) is 6.92 Å². The van der Waals surface area contributed by atoms with Crippen LogP contribution in [0.2, 0.25) is 0 Å². The predicted octanol–water partition coefficient (Wildman–Crippen LogP) is 3.39. The number of aryl methyl sites for hydroxylation is 1. The first-order chi connectivity index (χ1) is 12.7. The summed E-state index contributed by atoms with van der Waals surface area (Å²) in [6.45, 7) is 5.71. The van der Waals surface area contributed by atoms with Crippen molar-refractivity contribution < 1.29 is 5.11 Å². The third-order valence-corrected chi connectivity index (χ3v) is 5.30. The highest BCUT2D eigenvalue weighted by molar-refractivity contribution is 7.19. The first-order valence-corrected chi connectivity index (χ1v) is 9.58. The molecule has 0 amide bonds. The molecule has 2 heterocycles. The highest BCUT2D eigenvalue weighted by Crippen LogP contribution is 2.29. The van der Waals surface area contributed by atoms with Crippen LogP contribution in [0.25, 0.3) is 10.1 Å². The number of aliphatic hydroxyl groups is 1. The zero-order valence-corrected chi connectivity index (χ0v) is 15.9. The van der Waals surface area contributed by atoms with E-state index in [-0.39, 0.29) is 0 Å². The summed E-state index contributed by atoms with van der Waals surface area (Å²) in [6, 6.07) is 14.2. The average molecular weight is 369 g/mol. The number of hydrogen-bond acceptors (Lipinski definition) is 4. The lowest BCUT2D eigenvalue weighted by molar-refractivity contribution is 0.184. The number of guanidine groups is 1. The Morgan fingerprint density at radius 3 is 2.85 bits per heavy atom. The van der Waals surface area contributed by atoms with E-state index in [0.717, 1.165) is 28.1 Å². The van der Waals surface area contributed by atoms with Crippen molar-refractivity contribution in [3.05, 3.63) is 64.8 Å². The van der Waals surface area contributed by atoms with Gasteiger partial charge in [-0.05, 0) is 43.0 Å². The molecule has 0 aliphatic heterocycles. The number of fused-ring (bicyclic) bond motifs is 1.